The van der Waals surface area contributed by atoms with Crippen molar-refractivity contribution in [1.82, 2.24) is 9.38 Å². The SMILES string of the molecule is O=C1c2ccc3c(=O)n4c5cc([N+](=O)[O-])c([N+](=O)[O-])cc5nc4c4ccc(c2c34)C(=O)N1c1cccs1. The smallest absolute Gasteiger partial charge is 0.268 e. The highest BCUT2D eigenvalue weighted by Crippen LogP contribution is 2.40. The molecule has 178 valence electrons. The van der Waals surface area contributed by atoms with Crippen molar-refractivity contribution >= 4 is 77.8 Å². The van der Waals surface area contributed by atoms with Crippen molar-refractivity contribution in [2.24, 2.45) is 0 Å². The second kappa shape index (κ2) is 6.89. The number of nitrogens with zero attached hydrogens (tertiary/aromatic N) is 5. The lowest BCUT2D eigenvalue weighted by Crippen LogP contribution is -2.40. The van der Waals surface area contributed by atoms with Crippen LogP contribution in [0.4, 0.5) is 16.4 Å². The second-order valence-corrected chi connectivity index (χ2v) is 9.31. The summed E-state index contributed by atoms with van der Waals surface area (Å²) in [6, 6.07) is 11.4. The van der Waals surface area contributed by atoms with Crippen LogP contribution in [0.5, 0.6) is 0 Å². The number of anilines is 1. The molecule has 1 aliphatic heterocycles. The van der Waals surface area contributed by atoms with Crippen molar-refractivity contribution in [2.75, 3.05) is 4.90 Å². The molecule has 0 spiro atoms. The van der Waals surface area contributed by atoms with Crippen molar-refractivity contribution in [3.05, 3.63) is 95.6 Å². The van der Waals surface area contributed by atoms with E-state index in [0.717, 1.165) is 21.4 Å². The molecular weight excluding hydrogens is 502 g/mol. The number of pyridine rings is 1. The fraction of sp³-hybridized carbons (Fsp3) is 0. The van der Waals surface area contributed by atoms with Gasteiger partial charge in [-0.2, -0.15) is 0 Å². The van der Waals surface area contributed by atoms with Gasteiger partial charge in [0, 0.05) is 38.7 Å². The summed E-state index contributed by atoms with van der Waals surface area (Å²) in [4.78, 5) is 67.1. The molecule has 0 fully saturated rings. The number of benzene rings is 3. The Morgan fingerprint density at radius 1 is 0.811 bits per heavy atom. The Hall–Kier alpha value is -5.30. The number of imide groups is 1. The van der Waals surface area contributed by atoms with E-state index in [1.165, 1.54) is 23.5 Å². The Labute approximate surface area is 207 Å². The first-order valence-electron chi connectivity index (χ1n) is 10.7. The minimum Gasteiger partial charge on any atom is -0.268 e. The van der Waals surface area contributed by atoms with Gasteiger partial charge in [0.1, 0.15) is 10.6 Å². The van der Waals surface area contributed by atoms with E-state index < -0.39 is 38.6 Å². The largest absolute Gasteiger partial charge is 0.348 e. The maximum atomic E-state index is 13.7. The van der Waals surface area contributed by atoms with E-state index in [4.69, 9.17) is 0 Å². The highest BCUT2D eigenvalue weighted by molar-refractivity contribution is 7.14. The number of carbonyl (C=O) groups is 2. The fourth-order valence-electron chi connectivity index (χ4n) is 5.05. The van der Waals surface area contributed by atoms with Gasteiger partial charge in [-0.15, -0.1) is 11.3 Å². The van der Waals surface area contributed by atoms with Gasteiger partial charge in [-0.05, 0) is 41.8 Å². The average Bonchev–Trinajstić information content (AvgIpc) is 3.53. The zero-order valence-electron chi connectivity index (χ0n) is 18.2. The molecule has 0 N–H and O–H groups in total. The number of hydrogen-bond donors (Lipinski definition) is 0. The number of amides is 2. The summed E-state index contributed by atoms with van der Waals surface area (Å²) in [7, 11) is 0. The van der Waals surface area contributed by atoms with Crippen molar-refractivity contribution in [2.45, 2.75) is 0 Å². The number of aromatic nitrogens is 2. The molecule has 4 heterocycles. The zero-order chi connectivity index (χ0) is 25.7. The molecule has 0 atom stereocenters. The first-order chi connectivity index (χ1) is 17.8. The molecule has 3 aromatic carbocycles. The first kappa shape index (κ1) is 21.0. The minimum atomic E-state index is -0.888. The van der Waals surface area contributed by atoms with E-state index >= 15 is 0 Å². The number of nitro benzene ring substituents is 2. The number of thiophene rings is 1. The number of fused-ring (bicyclic) bond motifs is 4. The van der Waals surface area contributed by atoms with Gasteiger partial charge >= 0.3 is 11.4 Å². The topological polar surface area (TPSA) is 158 Å². The highest BCUT2D eigenvalue weighted by atomic mass is 32.1. The predicted molar refractivity (Wildman–Crippen MR) is 134 cm³/mol. The third kappa shape index (κ3) is 2.54. The van der Waals surface area contributed by atoms with Crippen LogP contribution in [0.25, 0.3) is 38.2 Å². The Morgan fingerprint density at radius 2 is 1.46 bits per heavy atom. The summed E-state index contributed by atoms with van der Waals surface area (Å²) in [5, 5.41) is 26.4. The van der Waals surface area contributed by atoms with Crippen LogP contribution in [-0.2, 0) is 0 Å². The second-order valence-electron chi connectivity index (χ2n) is 8.39. The van der Waals surface area contributed by atoms with Gasteiger partial charge in [-0.1, -0.05) is 0 Å². The molecule has 7 rings (SSSR count). The molecule has 3 aromatic heterocycles. The lowest BCUT2D eigenvalue weighted by atomic mass is 9.90. The third-order valence-electron chi connectivity index (χ3n) is 6.57. The Kier molecular flexibility index (Phi) is 3.91. The molecule has 12 nitrogen and oxygen atoms in total. The van der Waals surface area contributed by atoms with Crippen molar-refractivity contribution < 1.29 is 19.4 Å². The molecule has 0 saturated heterocycles. The first-order valence-corrected chi connectivity index (χ1v) is 11.6. The molecular formula is C24H9N5O7S. The monoisotopic (exact) mass is 511 g/mol. The molecule has 1 aliphatic rings. The summed E-state index contributed by atoms with van der Waals surface area (Å²) in [6.45, 7) is 0. The van der Waals surface area contributed by atoms with Gasteiger partial charge < -0.3 is 0 Å². The van der Waals surface area contributed by atoms with Crippen molar-refractivity contribution in [1.29, 1.82) is 0 Å². The van der Waals surface area contributed by atoms with E-state index in [1.54, 1.807) is 29.6 Å². The van der Waals surface area contributed by atoms with Crippen molar-refractivity contribution in [3.63, 3.8) is 0 Å². The summed E-state index contributed by atoms with van der Waals surface area (Å²) in [5.74, 6) is -1.05. The van der Waals surface area contributed by atoms with E-state index in [0.29, 0.717) is 21.2 Å². The van der Waals surface area contributed by atoms with Crippen molar-refractivity contribution in [3.8, 4) is 0 Å². The normalized spacial score (nSPS) is 13.5. The fourth-order valence-corrected chi connectivity index (χ4v) is 5.77. The molecule has 0 saturated carbocycles. The number of carbonyl (C=O) groups excluding carboxylic acids is 2. The summed E-state index contributed by atoms with van der Waals surface area (Å²) in [6.07, 6.45) is 0. The standard InChI is InChI=1S/C24H9N5O7S/c30-22-11-5-6-13-20-12(23(31)27(24(13)32)18-2-1-7-37-18)4-3-10(19(11)20)21-25-14-8-16(28(33)34)17(29(35)36)9-15(14)26(21)22/h1-9H. The predicted octanol–water partition coefficient (Wildman–Crippen LogP) is 4.27. The maximum Gasteiger partial charge on any atom is 0.348 e. The lowest BCUT2D eigenvalue weighted by molar-refractivity contribution is -0.422. The highest BCUT2D eigenvalue weighted by Gasteiger charge is 2.36. The number of rotatable bonds is 3. The van der Waals surface area contributed by atoms with Gasteiger partial charge in [0.15, 0.2) is 0 Å². The Morgan fingerprint density at radius 3 is 2.08 bits per heavy atom. The van der Waals surface area contributed by atoms with E-state index in [9.17, 15) is 34.6 Å². The number of nitro groups is 2. The van der Waals surface area contributed by atoms with Gasteiger partial charge in [0.2, 0.25) is 0 Å². The van der Waals surface area contributed by atoms with Gasteiger partial charge in [0.05, 0.1) is 26.9 Å². The van der Waals surface area contributed by atoms with Crippen LogP contribution in [0.15, 0.2) is 58.7 Å². The third-order valence-corrected chi connectivity index (χ3v) is 7.43. The van der Waals surface area contributed by atoms with E-state index in [1.807, 2.05) is 0 Å². The molecule has 37 heavy (non-hydrogen) atoms. The average molecular weight is 511 g/mol. The van der Waals surface area contributed by atoms with Gasteiger partial charge in [-0.3, -0.25) is 39.0 Å². The molecule has 0 radical (unpaired) electrons. The molecule has 6 aromatic rings. The number of imidazole rings is 1. The van der Waals surface area contributed by atoms with Crippen LogP contribution in [0.1, 0.15) is 20.7 Å². The van der Waals surface area contributed by atoms with Crippen LogP contribution in [0.3, 0.4) is 0 Å². The zero-order valence-corrected chi connectivity index (χ0v) is 19.0. The van der Waals surface area contributed by atoms with E-state index in [2.05, 4.69) is 4.98 Å². The summed E-state index contributed by atoms with van der Waals surface area (Å²) < 4.78 is 1.16. The Bertz CT molecular complexity index is 2090. The molecule has 0 bridgehead atoms. The van der Waals surface area contributed by atoms with Crippen LogP contribution in [0, 0.1) is 20.2 Å². The Balaban J connectivity index is 1.62. The molecule has 13 heteroatoms. The van der Waals surface area contributed by atoms with Gasteiger partial charge in [0.25, 0.3) is 17.4 Å². The minimum absolute atomic E-state index is 0.0222. The maximum absolute atomic E-state index is 13.7. The van der Waals surface area contributed by atoms with Crippen LogP contribution in [-0.4, -0.2) is 31.0 Å². The quantitative estimate of drug-likeness (QED) is 0.194. The van der Waals surface area contributed by atoms with Crippen LogP contribution in [0.2, 0.25) is 0 Å². The number of hydrogen-bond acceptors (Lipinski definition) is 9. The van der Waals surface area contributed by atoms with Gasteiger partial charge in [-0.25, -0.2) is 9.88 Å². The van der Waals surface area contributed by atoms with Crippen LogP contribution < -0.4 is 10.5 Å². The van der Waals surface area contributed by atoms with Crippen LogP contribution >= 0.6 is 11.3 Å². The summed E-state index contributed by atoms with van der Waals surface area (Å²) >= 11 is 1.24. The molecule has 0 aliphatic carbocycles. The molecule has 0 unspecified atom stereocenters. The summed E-state index contributed by atoms with van der Waals surface area (Å²) in [5.41, 5.74) is -1.46. The lowest BCUT2D eigenvalue weighted by Gasteiger charge is -2.26. The van der Waals surface area contributed by atoms with E-state index in [-0.39, 0.29) is 33.2 Å². The molecule has 2 amide bonds.